The molecule has 0 saturated heterocycles. The largest absolute Gasteiger partial charge is 0.497 e. The lowest BCUT2D eigenvalue weighted by molar-refractivity contribution is 0.168. The second kappa shape index (κ2) is 5.65. The van der Waals surface area contributed by atoms with Crippen molar-refractivity contribution >= 4 is 11.8 Å². The topological polar surface area (TPSA) is 59.6 Å². The fourth-order valence-electron chi connectivity index (χ4n) is 1.04. The maximum atomic E-state index is 10.8. The van der Waals surface area contributed by atoms with Gasteiger partial charge in [-0.2, -0.15) is 0 Å². The predicted molar refractivity (Wildman–Crippen MR) is 60.7 cm³/mol. The van der Waals surface area contributed by atoms with E-state index in [0.717, 1.165) is 11.3 Å². The van der Waals surface area contributed by atoms with Gasteiger partial charge < -0.3 is 9.47 Å². The fourth-order valence-corrected chi connectivity index (χ4v) is 1.04. The van der Waals surface area contributed by atoms with Crippen LogP contribution < -0.4 is 15.6 Å². The summed E-state index contributed by atoms with van der Waals surface area (Å²) >= 11 is 0. The van der Waals surface area contributed by atoms with E-state index in [-0.39, 0.29) is 0 Å². The van der Waals surface area contributed by atoms with Gasteiger partial charge in [0, 0.05) is 0 Å². The van der Waals surface area contributed by atoms with Gasteiger partial charge in [-0.25, -0.2) is 10.2 Å². The zero-order valence-corrected chi connectivity index (χ0v) is 9.24. The molecule has 1 amide bonds. The molecule has 0 saturated carbocycles. The molecule has 0 spiro atoms. The number of ether oxygens (including phenoxy) is 2. The van der Waals surface area contributed by atoms with E-state index in [2.05, 4.69) is 22.2 Å². The van der Waals surface area contributed by atoms with E-state index >= 15 is 0 Å². The number of carbonyl (C=O) groups excluding carboxylic acids is 1. The van der Waals surface area contributed by atoms with Crippen molar-refractivity contribution in [2.75, 3.05) is 14.2 Å². The minimum absolute atomic E-state index is 0.563. The van der Waals surface area contributed by atoms with Crippen LogP contribution in [0.2, 0.25) is 0 Å². The third kappa shape index (κ3) is 3.20. The van der Waals surface area contributed by atoms with E-state index in [9.17, 15) is 4.79 Å². The Morgan fingerprint density at radius 3 is 2.31 bits per heavy atom. The molecule has 0 aliphatic heterocycles. The second-order valence-electron chi connectivity index (χ2n) is 2.95. The highest BCUT2D eigenvalue weighted by atomic mass is 16.5. The zero-order chi connectivity index (χ0) is 12.0. The van der Waals surface area contributed by atoms with E-state index in [4.69, 9.17) is 4.74 Å². The van der Waals surface area contributed by atoms with Crippen molar-refractivity contribution in [1.29, 1.82) is 0 Å². The summed E-state index contributed by atoms with van der Waals surface area (Å²) in [6, 6.07) is 7.26. The standard InChI is InChI=1S/C11H14N2O3/c1-8(12-13-11(14)16-3)9-4-6-10(15-2)7-5-9/h4-7,12H,1H2,2-3H3,(H,13,14). The van der Waals surface area contributed by atoms with Crippen molar-refractivity contribution in [3.05, 3.63) is 36.4 Å². The Kier molecular flexibility index (Phi) is 4.20. The number of hydrogen-bond acceptors (Lipinski definition) is 4. The Hall–Kier alpha value is -2.17. The molecule has 16 heavy (non-hydrogen) atoms. The van der Waals surface area contributed by atoms with Crippen LogP contribution in [0.1, 0.15) is 5.56 Å². The number of methoxy groups -OCH3 is 2. The Morgan fingerprint density at radius 1 is 1.19 bits per heavy atom. The first-order valence-electron chi connectivity index (χ1n) is 4.60. The Bertz CT molecular complexity index is 373. The Labute approximate surface area is 94.0 Å². The van der Waals surface area contributed by atoms with Crippen LogP contribution in [0.3, 0.4) is 0 Å². The maximum absolute atomic E-state index is 10.8. The van der Waals surface area contributed by atoms with E-state index in [0.29, 0.717) is 5.70 Å². The molecule has 2 N–H and O–H groups in total. The van der Waals surface area contributed by atoms with E-state index < -0.39 is 6.09 Å². The average Bonchev–Trinajstić information content (AvgIpc) is 2.35. The molecule has 0 unspecified atom stereocenters. The summed E-state index contributed by atoms with van der Waals surface area (Å²) in [4.78, 5) is 10.8. The molecule has 0 aliphatic carbocycles. The summed E-state index contributed by atoms with van der Waals surface area (Å²) in [5.74, 6) is 0.762. The van der Waals surface area contributed by atoms with Crippen molar-refractivity contribution in [3.63, 3.8) is 0 Å². The van der Waals surface area contributed by atoms with Crippen molar-refractivity contribution in [3.8, 4) is 5.75 Å². The number of rotatable bonds is 4. The van der Waals surface area contributed by atoms with Gasteiger partial charge in [0.25, 0.3) is 0 Å². The molecule has 86 valence electrons. The Morgan fingerprint density at radius 2 is 1.81 bits per heavy atom. The highest BCUT2D eigenvalue weighted by Crippen LogP contribution is 2.14. The molecule has 0 aromatic heterocycles. The third-order valence-electron chi connectivity index (χ3n) is 1.94. The van der Waals surface area contributed by atoms with E-state index in [1.807, 2.05) is 12.1 Å². The van der Waals surface area contributed by atoms with Gasteiger partial charge in [0.15, 0.2) is 0 Å². The number of benzene rings is 1. The Balaban J connectivity index is 2.56. The third-order valence-corrected chi connectivity index (χ3v) is 1.94. The van der Waals surface area contributed by atoms with Crippen LogP contribution in [-0.4, -0.2) is 20.3 Å². The monoisotopic (exact) mass is 222 g/mol. The minimum Gasteiger partial charge on any atom is -0.497 e. The lowest BCUT2D eigenvalue weighted by atomic mass is 10.2. The van der Waals surface area contributed by atoms with Gasteiger partial charge in [-0.15, -0.1) is 0 Å². The van der Waals surface area contributed by atoms with Crippen LogP contribution in [-0.2, 0) is 4.74 Å². The number of carbonyl (C=O) groups is 1. The molecule has 0 atom stereocenters. The van der Waals surface area contributed by atoms with Crippen LogP contribution in [0.4, 0.5) is 4.79 Å². The first-order chi connectivity index (χ1) is 7.67. The van der Waals surface area contributed by atoms with Gasteiger partial charge in [0.1, 0.15) is 5.75 Å². The fraction of sp³-hybridized carbons (Fsp3) is 0.182. The lowest BCUT2D eigenvalue weighted by Gasteiger charge is -2.10. The molecule has 5 nitrogen and oxygen atoms in total. The average molecular weight is 222 g/mol. The second-order valence-corrected chi connectivity index (χ2v) is 2.95. The molecular weight excluding hydrogens is 208 g/mol. The van der Waals surface area contributed by atoms with Crippen LogP contribution in [0, 0.1) is 0 Å². The molecule has 0 heterocycles. The van der Waals surface area contributed by atoms with Gasteiger partial charge in [-0.05, 0) is 29.8 Å². The van der Waals surface area contributed by atoms with Crippen LogP contribution in [0.25, 0.3) is 5.70 Å². The van der Waals surface area contributed by atoms with Crippen molar-refractivity contribution in [2.24, 2.45) is 0 Å². The van der Waals surface area contributed by atoms with Crippen molar-refractivity contribution < 1.29 is 14.3 Å². The number of hydrazine groups is 1. The smallest absolute Gasteiger partial charge is 0.425 e. The van der Waals surface area contributed by atoms with Crippen molar-refractivity contribution in [1.82, 2.24) is 10.9 Å². The molecule has 5 heteroatoms. The lowest BCUT2D eigenvalue weighted by Crippen LogP contribution is -2.35. The summed E-state index contributed by atoms with van der Waals surface area (Å²) < 4.78 is 9.42. The molecule has 0 fully saturated rings. The first kappa shape index (κ1) is 11.9. The number of nitrogens with one attached hydrogen (secondary N) is 2. The molecule has 0 radical (unpaired) electrons. The molecule has 1 aromatic carbocycles. The first-order valence-corrected chi connectivity index (χ1v) is 4.60. The number of amides is 1. The maximum Gasteiger partial charge on any atom is 0.425 e. The van der Waals surface area contributed by atoms with E-state index in [1.165, 1.54) is 7.11 Å². The predicted octanol–water partition coefficient (Wildman–Crippen LogP) is 1.53. The molecular formula is C11H14N2O3. The number of hydrogen-bond donors (Lipinski definition) is 2. The quantitative estimate of drug-likeness (QED) is 0.758. The normalized spacial score (nSPS) is 9.12. The highest BCUT2D eigenvalue weighted by Gasteiger charge is 2.01. The minimum atomic E-state index is -0.574. The van der Waals surface area contributed by atoms with Gasteiger partial charge in [0.2, 0.25) is 0 Å². The summed E-state index contributed by atoms with van der Waals surface area (Å²) in [6.45, 7) is 3.76. The van der Waals surface area contributed by atoms with E-state index in [1.54, 1.807) is 19.2 Å². The van der Waals surface area contributed by atoms with Gasteiger partial charge in [-0.1, -0.05) is 6.58 Å². The van der Waals surface area contributed by atoms with Crippen LogP contribution in [0.5, 0.6) is 5.75 Å². The molecule has 0 aliphatic rings. The van der Waals surface area contributed by atoms with Gasteiger partial charge >= 0.3 is 6.09 Å². The van der Waals surface area contributed by atoms with Crippen LogP contribution in [0.15, 0.2) is 30.8 Å². The van der Waals surface area contributed by atoms with Crippen molar-refractivity contribution in [2.45, 2.75) is 0 Å². The molecule has 1 aromatic rings. The SMILES string of the molecule is C=C(NNC(=O)OC)c1ccc(OC)cc1. The summed E-state index contributed by atoms with van der Waals surface area (Å²) in [5, 5.41) is 0. The molecule has 0 bridgehead atoms. The van der Waals surface area contributed by atoms with Gasteiger partial charge in [-0.3, -0.25) is 5.43 Å². The van der Waals surface area contributed by atoms with Crippen LogP contribution >= 0.6 is 0 Å². The highest BCUT2D eigenvalue weighted by molar-refractivity contribution is 5.70. The summed E-state index contributed by atoms with van der Waals surface area (Å²) in [5.41, 5.74) is 6.35. The molecule has 1 rings (SSSR count). The van der Waals surface area contributed by atoms with Gasteiger partial charge in [0.05, 0.1) is 19.9 Å². The summed E-state index contributed by atoms with van der Waals surface area (Å²) in [6.07, 6.45) is -0.574. The summed E-state index contributed by atoms with van der Waals surface area (Å²) in [7, 11) is 2.88. The zero-order valence-electron chi connectivity index (χ0n) is 9.24.